The summed E-state index contributed by atoms with van der Waals surface area (Å²) in [5.41, 5.74) is 0.703. The van der Waals surface area contributed by atoms with Gasteiger partial charge in [0.1, 0.15) is 11.6 Å². The number of carbonyl (C=O) groups is 1. The van der Waals surface area contributed by atoms with Crippen LogP contribution in [0, 0.1) is 11.6 Å². The molecule has 0 aliphatic rings. The van der Waals surface area contributed by atoms with Gasteiger partial charge in [-0.25, -0.2) is 8.78 Å². The first-order valence-electron chi connectivity index (χ1n) is 5.15. The molecule has 0 heterocycles. The second-order valence-electron chi connectivity index (χ2n) is 3.73. The Morgan fingerprint density at radius 1 is 1.00 bits per heavy atom. The highest BCUT2D eigenvalue weighted by atomic mass is 19.1. The van der Waals surface area contributed by atoms with Crippen LogP contribution in [0.2, 0.25) is 0 Å². The van der Waals surface area contributed by atoms with E-state index in [1.807, 2.05) is 0 Å². The van der Waals surface area contributed by atoms with Gasteiger partial charge in [0.2, 0.25) is 0 Å². The Balaban J connectivity index is 2.61. The van der Waals surface area contributed by atoms with Crippen LogP contribution in [-0.4, -0.2) is 5.78 Å². The van der Waals surface area contributed by atoms with Gasteiger partial charge in [-0.05, 0) is 30.7 Å². The smallest absolute Gasteiger partial charge is 0.159 e. The van der Waals surface area contributed by atoms with Gasteiger partial charge in [-0.1, -0.05) is 24.3 Å². The molecule has 1 nitrogen and oxygen atoms in total. The van der Waals surface area contributed by atoms with E-state index in [2.05, 4.69) is 0 Å². The molecule has 0 N–H and O–H groups in total. The summed E-state index contributed by atoms with van der Waals surface area (Å²) in [5.74, 6) is -1.40. The first kappa shape index (κ1) is 11.5. The van der Waals surface area contributed by atoms with E-state index in [1.54, 1.807) is 18.2 Å². The summed E-state index contributed by atoms with van der Waals surface area (Å²) in [7, 11) is 0. The lowest BCUT2D eigenvalue weighted by Crippen LogP contribution is -1.94. The highest BCUT2D eigenvalue weighted by Crippen LogP contribution is 2.26. The standard InChI is InChI=1S/C14H10F2O/c1-9(17)10-4-2-5-11(8-10)14-12(15)6-3-7-13(14)16/h2-8H,1H3. The topological polar surface area (TPSA) is 17.1 Å². The molecular weight excluding hydrogens is 222 g/mol. The number of hydrogen-bond donors (Lipinski definition) is 0. The minimum absolute atomic E-state index is 0.101. The normalized spacial score (nSPS) is 10.3. The summed E-state index contributed by atoms with van der Waals surface area (Å²) in [5, 5.41) is 0. The fraction of sp³-hybridized carbons (Fsp3) is 0.0714. The highest BCUT2D eigenvalue weighted by molar-refractivity contribution is 5.95. The zero-order valence-electron chi connectivity index (χ0n) is 9.21. The van der Waals surface area contributed by atoms with Gasteiger partial charge in [-0.2, -0.15) is 0 Å². The molecule has 0 spiro atoms. The van der Waals surface area contributed by atoms with E-state index in [0.717, 1.165) is 0 Å². The van der Waals surface area contributed by atoms with Crippen LogP contribution in [-0.2, 0) is 0 Å². The molecule has 0 saturated heterocycles. The van der Waals surface area contributed by atoms with Crippen LogP contribution in [0.15, 0.2) is 42.5 Å². The average molecular weight is 232 g/mol. The highest BCUT2D eigenvalue weighted by Gasteiger charge is 2.11. The Bertz CT molecular complexity index is 556. The van der Waals surface area contributed by atoms with Gasteiger partial charge in [0, 0.05) is 5.56 Å². The zero-order chi connectivity index (χ0) is 12.4. The third-order valence-electron chi connectivity index (χ3n) is 2.52. The Morgan fingerprint density at radius 2 is 1.59 bits per heavy atom. The summed E-state index contributed by atoms with van der Waals surface area (Å²) in [4.78, 5) is 11.2. The lowest BCUT2D eigenvalue weighted by Gasteiger charge is -2.06. The Labute approximate surface area is 97.7 Å². The number of hydrogen-bond acceptors (Lipinski definition) is 1. The van der Waals surface area contributed by atoms with Crippen molar-refractivity contribution in [3.63, 3.8) is 0 Å². The quantitative estimate of drug-likeness (QED) is 0.719. The molecule has 2 rings (SSSR count). The molecule has 2 aromatic rings. The molecule has 0 aromatic heterocycles. The second-order valence-corrected chi connectivity index (χ2v) is 3.73. The SMILES string of the molecule is CC(=O)c1cccc(-c2c(F)cccc2F)c1. The number of Topliss-reactive ketones (excluding diaryl/α,β-unsaturated/α-hetero) is 1. The molecule has 0 saturated carbocycles. The van der Waals surface area contributed by atoms with Crippen molar-refractivity contribution in [3.05, 3.63) is 59.7 Å². The van der Waals surface area contributed by atoms with Crippen molar-refractivity contribution in [1.29, 1.82) is 0 Å². The zero-order valence-corrected chi connectivity index (χ0v) is 9.21. The van der Waals surface area contributed by atoms with Gasteiger partial charge in [0.05, 0.1) is 5.56 Å². The van der Waals surface area contributed by atoms with Gasteiger partial charge in [-0.15, -0.1) is 0 Å². The number of halogens is 2. The van der Waals surface area contributed by atoms with Crippen molar-refractivity contribution < 1.29 is 13.6 Å². The van der Waals surface area contributed by atoms with Crippen molar-refractivity contribution in [2.24, 2.45) is 0 Å². The summed E-state index contributed by atoms with van der Waals surface area (Å²) in [6.07, 6.45) is 0. The van der Waals surface area contributed by atoms with Crippen molar-refractivity contribution in [3.8, 4) is 11.1 Å². The van der Waals surface area contributed by atoms with Gasteiger partial charge >= 0.3 is 0 Å². The molecule has 0 aliphatic heterocycles. The van der Waals surface area contributed by atoms with Gasteiger partial charge in [0.25, 0.3) is 0 Å². The lowest BCUT2D eigenvalue weighted by atomic mass is 10.0. The number of ketones is 1. The Hall–Kier alpha value is -2.03. The van der Waals surface area contributed by atoms with E-state index in [4.69, 9.17) is 0 Å². The molecule has 0 aliphatic carbocycles. The van der Waals surface area contributed by atoms with Crippen LogP contribution in [0.3, 0.4) is 0 Å². The second kappa shape index (κ2) is 4.45. The molecule has 3 heteroatoms. The third-order valence-corrected chi connectivity index (χ3v) is 2.52. The van der Waals surface area contributed by atoms with Gasteiger partial charge in [0.15, 0.2) is 5.78 Å². The summed E-state index contributed by atoms with van der Waals surface area (Å²) in [6, 6.07) is 9.99. The predicted molar refractivity (Wildman–Crippen MR) is 61.8 cm³/mol. The molecule has 86 valence electrons. The van der Waals surface area contributed by atoms with E-state index >= 15 is 0 Å². The van der Waals surface area contributed by atoms with Crippen LogP contribution >= 0.6 is 0 Å². The van der Waals surface area contributed by atoms with E-state index in [0.29, 0.717) is 11.1 Å². The number of benzene rings is 2. The molecular formula is C14H10F2O. The van der Waals surface area contributed by atoms with Crippen LogP contribution in [0.1, 0.15) is 17.3 Å². The molecule has 0 radical (unpaired) electrons. The maximum Gasteiger partial charge on any atom is 0.159 e. The van der Waals surface area contributed by atoms with Gasteiger partial charge < -0.3 is 0 Å². The molecule has 0 bridgehead atoms. The Kier molecular flexibility index (Phi) is 3.00. The molecule has 0 atom stereocenters. The fourth-order valence-electron chi connectivity index (χ4n) is 1.67. The van der Waals surface area contributed by atoms with E-state index in [1.165, 1.54) is 31.2 Å². The summed E-state index contributed by atoms with van der Waals surface area (Å²) >= 11 is 0. The van der Waals surface area contributed by atoms with Crippen LogP contribution in [0.5, 0.6) is 0 Å². The van der Waals surface area contributed by atoms with Crippen molar-refractivity contribution in [1.82, 2.24) is 0 Å². The van der Waals surface area contributed by atoms with Crippen molar-refractivity contribution in [2.75, 3.05) is 0 Å². The molecule has 0 fully saturated rings. The third kappa shape index (κ3) is 2.23. The minimum atomic E-state index is -0.634. The average Bonchev–Trinajstić information content (AvgIpc) is 2.29. The van der Waals surface area contributed by atoms with Crippen molar-refractivity contribution in [2.45, 2.75) is 6.92 Å². The van der Waals surface area contributed by atoms with E-state index < -0.39 is 11.6 Å². The number of rotatable bonds is 2. The lowest BCUT2D eigenvalue weighted by molar-refractivity contribution is 0.101. The summed E-state index contributed by atoms with van der Waals surface area (Å²) < 4.78 is 27.1. The van der Waals surface area contributed by atoms with E-state index in [9.17, 15) is 13.6 Å². The monoisotopic (exact) mass is 232 g/mol. The number of carbonyl (C=O) groups excluding carboxylic acids is 1. The maximum absolute atomic E-state index is 13.5. The fourth-order valence-corrected chi connectivity index (χ4v) is 1.67. The molecule has 0 unspecified atom stereocenters. The minimum Gasteiger partial charge on any atom is -0.295 e. The molecule has 2 aromatic carbocycles. The van der Waals surface area contributed by atoms with Crippen LogP contribution in [0.4, 0.5) is 8.78 Å². The maximum atomic E-state index is 13.5. The molecule has 0 amide bonds. The first-order valence-corrected chi connectivity index (χ1v) is 5.15. The predicted octanol–water partition coefficient (Wildman–Crippen LogP) is 3.83. The van der Waals surface area contributed by atoms with Gasteiger partial charge in [-0.3, -0.25) is 4.79 Å². The first-order chi connectivity index (χ1) is 8.09. The largest absolute Gasteiger partial charge is 0.295 e. The van der Waals surface area contributed by atoms with E-state index in [-0.39, 0.29) is 11.3 Å². The Morgan fingerprint density at radius 3 is 2.18 bits per heavy atom. The van der Waals surface area contributed by atoms with Crippen molar-refractivity contribution >= 4 is 5.78 Å². The molecule has 17 heavy (non-hydrogen) atoms. The van der Waals surface area contributed by atoms with Crippen LogP contribution < -0.4 is 0 Å². The van der Waals surface area contributed by atoms with Crippen LogP contribution in [0.25, 0.3) is 11.1 Å². The summed E-state index contributed by atoms with van der Waals surface area (Å²) in [6.45, 7) is 1.41.